The van der Waals surface area contributed by atoms with E-state index in [0.717, 1.165) is 3.57 Å². The lowest BCUT2D eigenvalue weighted by Gasteiger charge is -2.03. The molecule has 0 fully saturated rings. The molecular weight excluding hydrogens is 306 g/mol. The quantitative estimate of drug-likeness (QED) is 0.674. The summed E-state index contributed by atoms with van der Waals surface area (Å²) in [6.45, 7) is 0. The molecule has 13 heavy (non-hydrogen) atoms. The molecule has 0 aliphatic carbocycles. The number of thioether (sulfide) groups is 1. The van der Waals surface area contributed by atoms with Crippen LogP contribution in [0.2, 0.25) is 0 Å². The van der Waals surface area contributed by atoms with E-state index in [4.69, 9.17) is 5.11 Å². The molecule has 1 aromatic carbocycles. The molecule has 70 valence electrons. The van der Waals surface area contributed by atoms with E-state index in [1.54, 1.807) is 12.3 Å². The SMILES string of the molecule is CSc1cc(I)cc(C(=O)O)c1F. The molecule has 0 aromatic heterocycles. The number of aromatic carboxylic acids is 1. The average Bonchev–Trinajstić information content (AvgIpc) is 2.08. The van der Waals surface area contributed by atoms with Crippen molar-refractivity contribution in [3.05, 3.63) is 27.1 Å². The van der Waals surface area contributed by atoms with Crippen LogP contribution in [-0.4, -0.2) is 17.3 Å². The number of carboxylic acid groups (broad SMARTS) is 1. The number of rotatable bonds is 2. The van der Waals surface area contributed by atoms with Gasteiger partial charge in [0.15, 0.2) is 5.82 Å². The van der Waals surface area contributed by atoms with E-state index in [2.05, 4.69) is 0 Å². The first-order valence-electron chi connectivity index (χ1n) is 3.32. The number of halogens is 2. The van der Waals surface area contributed by atoms with Gasteiger partial charge < -0.3 is 5.11 Å². The second-order valence-electron chi connectivity index (χ2n) is 2.27. The summed E-state index contributed by atoms with van der Waals surface area (Å²) in [5.74, 6) is -1.88. The van der Waals surface area contributed by atoms with E-state index >= 15 is 0 Å². The Balaban J connectivity index is 3.35. The lowest BCUT2D eigenvalue weighted by molar-refractivity contribution is 0.0691. The third-order valence-electron chi connectivity index (χ3n) is 1.45. The van der Waals surface area contributed by atoms with Gasteiger partial charge in [0.2, 0.25) is 0 Å². The summed E-state index contributed by atoms with van der Waals surface area (Å²) in [7, 11) is 0. The van der Waals surface area contributed by atoms with Crippen LogP contribution in [0.25, 0.3) is 0 Å². The van der Waals surface area contributed by atoms with Crippen molar-refractivity contribution in [1.29, 1.82) is 0 Å². The van der Waals surface area contributed by atoms with Crippen molar-refractivity contribution in [2.45, 2.75) is 4.90 Å². The zero-order valence-corrected chi connectivity index (χ0v) is 9.65. The minimum Gasteiger partial charge on any atom is -0.478 e. The maximum absolute atomic E-state index is 13.3. The number of benzene rings is 1. The van der Waals surface area contributed by atoms with E-state index in [9.17, 15) is 9.18 Å². The second kappa shape index (κ2) is 4.28. The predicted octanol–water partition coefficient (Wildman–Crippen LogP) is 2.85. The molecule has 0 aliphatic rings. The van der Waals surface area contributed by atoms with Gasteiger partial charge in [-0.2, -0.15) is 0 Å². The maximum Gasteiger partial charge on any atom is 0.338 e. The van der Waals surface area contributed by atoms with E-state index in [1.165, 1.54) is 17.8 Å². The van der Waals surface area contributed by atoms with Gasteiger partial charge in [-0.15, -0.1) is 11.8 Å². The summed E-state index contributed by atoms with van der Waals surface area (Å²) in [6.07, 6.45) is 1.71. The standard InChI is InChI=1S/C8H6FIO2S/c1-13-6-3-4(10)2-5(7(6)9)8(11)12/h2-3H,1H3,(H,11,12). The Bertz CT molecular complexity index is 354. The molecule has 1 aromatic rings. The molecule has 1 rings (SSSR count). The van der Waals surface area contributed by atoms with Crippen LogP contribution in [0, 0.1) is 9.39 Å². The lowest BCUT2D eigenvalue weighted by atomic mass is 10.2. The Morgan fingerprint density at radius 1 is 1.62 bits per heavy atom. The van der Waals surface area contributed by atoms with Gasteiger partial charge in [-0.05, 0) is 41.0 Å². The Labute approximate surface area is 92.7 Å². The Kier molecular flexibility index (Phi) is 3.55. The van der Waals surface area contributed by atoms with Crippen LogP contribution in [-0.2, 0) is 0 Å². The van der Waals surface area contributed by atoms with E-state index < -0.39 is 11.8 Å². The molecule has 0 unspecified atom stereocenters. The fourth-order valence-electron chi connectivity index (χ4n) is 0.868. The molecule has 5 heteroatoms. The van der Waals surface area contributed by atoms with Gasteiger partial charge in [-0.3, -0.25) is 0 Å². The minimum atomic E-state index is -1.23. The summed E-state index contributed by atoms with van der Waals surface area (Å²) in [5.41, 5.74) is -0.267. The normalized spacial score (nSPS) is 10.1. The molecule has 0 saturated carbocycles. The summed E-state index contributed by atoms with van der Waals surface area (Å²) in [6, 6.07) is 2.94. The maximum atomic E-state index is 13.3. The highest BCUT2D eigenvalue weighted by Gasteiger charge is 2.14. The fraction of sp³-hybridized carbons (Fsp3) is 0.125. The number of hydrogen-bond donors (Lipinski definition) is 1. The zero-order valence-electron chi connectivity index (χ0n) is 6.67. The number of carbonyl (C=O) groups is 1. The molecule has 0 amide bonds. The lowest BCUT2D eigenvalue weighted by Crippen LogP contribution is -2.02. The van der Waals surface area contributed by atoms with Crippen LogP contribution >= 0.6 is 34.4 Å². The summed E-state index contributed by atoms with van der Waals surface area (Å²) in [4.78, 5) is 11.0. The molecule has 0 bridgehead atoms. The first kappa shape index (κ1) is 10.8. The highest BCUT2D eigenvalue weighted by atomic mass is 127. The first-order chi connectivity index (χ1) is 6.06. The van der Waals surface area contributed by atoms with Crippen LogP contribution < -0.4 is 0 Å². The molecule has 0 radical (unpaired) electrons. The zero-order chi connectivity index (χ0) is 10.0. The van der Waals surface area contributed by atoms with Crippen molar-refractivity contribution >= 4 is 40.3 Å². The van der Waals surface area contributed by atoms with Crippen LogP contribution in [0.1, 0.15) is 10.4 Å². The van der Waals surface area contributed by atoms with E-state index in [-0.39, 0.29) is 5.56 Å². The molecule has 2 nitrogen and oxygen atoms in total. The van der Waals surface area contributed by atoms with Gasteiger partial charge in [0.25, 0.3) is 0 Å². The molecule has 0 saturated heterocycles. The van der Waals surface area contributed by atoms with Crippen molar-refractivity contribution in [1.82, 2.24) is 0 Å². The van der Waals surface area contributed by atoms with Crippen LogP contribution in [0.3, 0.4) is 0 Å². The highest BCUT2D eigenvalue weighted by molar-refractivity contribution is 14.1. The summed E-state index contributed by atoms with van der Waals surface area (Å²) in [5, 5.41) is 8.66. The van der Waals surface area contributed by atoms with Gasteiger partial charge >= 0.3 is 5.97 Å². The Hall–Kier alpha value is -0.300. The van der Waals surface area contributed by atoms with E-state index in [1.807, 2.05) is 22.6 Å². The molecule has 0 heterocycles. The summed E-state index contributed by atoms with van der Waals surface area (Å²) >= 11 is 3.16. The number of carboxylic acids is 1. The predicted molar refractivity (Wildman–Crippen MR) is 57.9 cm³/mol. The van der Waals surface area contributed by atoms with Gasteiger partial charge in [-0.1, -0.05) is 0 Å². The molecule has 0 aliphatic heterocycles. The highest BCUT2D eigenvalue weighted by Crippen LogP contribution is 2.24. The van der Waals surface area contributed by atoms with Gasteiger partial charge in [0, 0.05) is 8.47 Å². The van der Waals surface area contributed by atoms with Crippen molar-refractivity contribution < 1.29 is 14.3 Å². The Morgan fingerprint density at radius 2 is 2.23 bits per heavy atom. The fourth-order valence-corrected chi connectivity index (χ4v) is 2.24. The number of hydrogen-bond acceptors (Lipinski definition) is 2. The van der Waals surface area contributed by atoms with Crippen LogP contribution in [0.4, 0.5) is 4.39 Å². The van der Waals surface area contributed by atoms with Crippen molar-refractivity contribution in [3.63, 3.8) is 0 Å². The van der Waals surface area contributed by atoms with Crippen LogP contribution in [0.5, 0.6) is 0 Å². The molecule has 0 atom stereocenters. The molecule has 1 N–H and O–H groups in total. The molecule has 0 spiro atoms. The third kappa shape index (κ3) is 2.34. The summed E-state index contributed by atoms with van der Waals surface area (Å²) < 4.78 is 14.0. The largest absolute Gasteiger partial charge is 0.478 e. The average molecular weight is 312 g/mol. The monoisotopic (exact) mass is 312 g/mol. The second-order valence-corrected chi connectivity index (χ2v) is 4.37. The van der Waals surface area contributed by atoms with E-state index in [0.29, 0.717) is 4.90 Å². The van der Waals surface area contributed by atoms with Crippen molar-refractivity contribution in [2.24, 2.45) is 0 Å². The Morgan fingerprint density at radius 3 is 2.69 bits per heavy atom. The minimum absolute atomic E-state index is 0.267. The van der Waals surface area contributed by atoms with Gasteiger partial charge in [-0.25, -0.2) is 9.18 Å². The topological polar surface area (TPSA) is 37.3 Å². The van der Waals surface area contributed by atoms with Crippen molar-refractivity contribution in [3.8, 4) is 0 Å². The third-order valence-corrected chi connectivity index (χ3v) is 2.81. The smallest absolute Gasteiger partial charge is 0.338 e. The van der Waals surface area contributed by atoms with Gasteiger partial charge in [0.05, 0.1) is 5.56 Å². The van der Waals surface area contributed by atoms with Gasteiger partial charge in [0.1, 0.15) is 0 Å². The van der Waals surface area contributed by atoms with Crippen molar-refractivity contribution in [2.75, 3.05) is 6.26 Å². The first-order valence-corrected chi connectivity index (χ1v) is 5.63. The van der Waals surface area contributed by atoms with Crippen LogP contribution in [0.15, 0.2) is 17.0 Å². The molecular formula is C8H6FIO2S.